The molecule has 8 heteroatoms. The molecule has 0 spiro atoms. The highest BCUT2D eigenvalue weighted by atomic mass is 32.2. The lowest BCUT2D eigenvalue weighted by Gasteiger charge is -2.15. The van der Waals surface area contributed by atoms with Crippen LogP contribution in [0, 0.1) is 6.92 Å². The van der Waals surface area contributed by atoms with Crippen LogP contribution in [0.15, 0.2) is 58.8 Å². The first-order valence-corrected chi connectivity index (χ1v) is 10.9. The lowest BCUT2D eigenvalue weighted by molar-refractivity contribution is 0.124. The molecule has 0 saturated carbocycles. The van der Waals surface area contributed by atoms with Crippen LogP contribution in [0.25, 0.3) is 17.5 Å². The lowest BCUT2D eigenvalue weighted by Crippen LogP contribution is -2.20. The average Bonchev–Trinajstić information content (AvgIpc) is 3.37. The minimum atomic E-state index is -0.696. The number of aliphatic hydroxyl groups is 1. The summed E-state index contributed by atoms with van der Waals surface area (Å²) in [5.74, 6) is 3.11. The molecule has 1 unspecified atom stereocenters. The van der Waals surface area contributed by atoms with Crippen LogP contribution in [0.2, 0.25) is 0 Å². The second-order valence-corrected chi connectivity index (χ2v) is 7.77. The molecule has 3 rings (SSSR count). The van der Waals surface area contributed by atoms with Crippen LogP contribution in [-0.4, -0.2) is 45.4 Å². The first kappa shape index (κ1) is 22.7. The van der Waals surface area contributed by atoms with Crippen LogP contribution >= 0.6 is 11.8 Å². The zero-order valence-electron chi connectivity index (χ0n) is 17.9. The highest BCUT2D eigenvalue weighted by Gasteiger charge is 2.18. The number of ether oxygens (including phenoxy) is 2. The summed E-state index contributed by atoms with van der Waals surface area (Å²) < 4.78 is 18.5. The Labute approximate surface area is 186 Å². The Morgan fingerprint density at radius 2 is 2.13 bits per heavy atom. The Hall–Kier alpha value is -2.97. The molecule has 0 amide bonds. The van der Waals surface area contributed by atoms with E-state index in [1.54, 1.807) is 19.4 Å². The molecule has 164 valence electrons. The minimum Gasteiger partial charge on any atom is -0.493 e. The molecule has 0 aliphatic carbocycles. The van der Waals surface area contributed by atoms with Gasteiger partial charge in [-0.25, -0.2) is 0 Å². The fourth-order valence-electron chi connectivity index (χ4n) is 3.01. The topological polar surface area (TPSA) is 82.5 Å². The van der Waals surface area contributed by atoms with Crippen LogP contribution in [0.1, 0.15) is 18.2 Å². The van der Waals surface area contributed by atoms with Gasteiger partial charge in [0.05, 0.1) is 25.0 Å². The SMILES string of the molecule is C=CCn1c(SCC(O)COc2ccc(/C=C/C)cc2OC)nnc1-c1ccoc1C. The molecule has 2 aromatic heterocycles. The molecule has 0 radical (unpaired) electrons. The largest absolute Gasteiger partial charge is 0.493 e. The minimum absolute atomic E-state index is 0.135. The van der Waals surface area contributed by atoms with E-state index in [2.05, 4.69) is 16.8 Å². The van der Waals surface area contributed by atoms with E-state index in [1.165, 1.54) is 11.8 Å². The molecule has 0 bridgehead atoms. The molecule has 1 aromatic carbocycles. The van der Waals surface area contributed by atoms with E-state index in [-0.39, 0.29) is 6.61 Å². The van der Waals surface area contributed by atoms with Gasteiger partial charge in [0, 0.05) is 12.3 Å². The summed E-state index contributed by atoms with van der Waals surface area (Å²) in [6.45, 7) is 8.35. The molecule has 0 saturated heterocycles. The quantitative estimate of drug-likeness (QED) is 0.344. The van der Waals surface area contributed by atoms with Crippen molar-refractivity contribution >= 4 is 17.8 Å². The summed E-state index contributed by atoms with van der Waals surface area (Å²) in [7, 11) is 1.60. The van der Waals surface area contributed by atoms with Crippen LogP contribution in [0.4, 0.5) is 0 Å². The number of aryl methyl sites for hydroxylation is 1. The number of rotatable bonds is 11. The normalized spacial score (nSPS) is 12.3. The number of aromatic nitrogens is 3. The number of thioether (sulfide) groups is 1. The fourth-order valence-corrected chi connectivity index (χ4v) is 3.86. The molecule has 2 heterocycles. The number of hydrogen-bond acceptors (Lipinski definition) is 7. The van der Waals surface area contributed by atoms with Crippen molar-refractivity contribution in [1.29, 1.82) is 0 Å². The highest BCUT2D eigenvalue weighted by Crippen LogP contribution is 2.30. The van der Waals surface area contributed by atoms with E-state index in [1.807, 2.05) is 54.8 Å². The fraction of sp³-hybridized carbons (Fsp3) is 0.304. The Morgan fingerprint density at radius 3 is 2.81 bits per heavy atom. The summed E-state index contributed by atoms with van der Waals surface area (Å²) in [5, 5.41) is 19.7. The van der Waals surface area contributed by atoms with Crippen LogP contribution < -0.4 is 9.47 Å². The van der Waals surface area contributed by atoms with Crippen molar-refractivity contribution < 1.29 is 19.0 Å². The maximum atomic E-state index is 10.4. The Kier molecular flexibility index (Phi) is 7.97. The number of hydrogen-bond donors (Lipinski definition) is 1. The van der Waals surface area contributed by atoms with Gasteiger partial charge in [0.25, 0.3) is 0 Å². The molecule has 1 N–H and O–H groups in total. The van der Waals surface area contributed by atoms with E-state index < -0.39 is 6.10 Å². The van der Waals surface area contributed by atoms with E-state index in [0.717, 1.165) is 16.9 Å². The second-order valence-electron chi connectivity index (χ2n) is 6.78. The smallest absolute Gasteiger partial charge is 0.191 e. The van der Waals surface area contributed by atoms with Gasteiger partial charge in [-0.05, 0) is 37.6 Å². The molecule has 7 nitrogen and oxygen atoms in total. The van der Waals surface area contributed by atoms with Crippen LogP contribution in [0.3, 0.4) is 0 Å². The molecule has 31 heavy (non-hydrogen) atoms. The van der Waals surface area contributed by atoms with Gasteiger partial charge < -0.3 is 19.0 Å². The van der Waals surface area contributed by atoms with Gasteiger partial charge in [-0.1, -0.05) is 36.1 Å². The van der Waals surface area contributed by atoms with Crippen molar-refractivity contribution in [2.75, 3.05) is 19.5 Å². The molecule has 3 aromatic rings. The van der Waals surface area contributed by atoms with Gasteiger partial charge in [-0.3, -0.25) is 4.57 Å². The summed E-state index contributed by atoms with van der Waals surface area (Å²) in [5.41, 5.74) is 1.91. The zero-order chi connectivity index (χ0) is 22.2. The Morgan fingerprint density at radius 1 is 1.29 bits per heavy atom. The monoisotopic (exact) mass is 441 g/mol. The number of aliphatic hydroxyl groups excluding tert-OH is 1. The maximum Gasteiger partial charge on any atom is 0.191 e. The van der Waals surface area contributed by atoms with Crippen molar-refractivity contribution in [3.63, 3.8) is 0 Å². The van der Waals surface area contributed by atoms with Crippen LogP contribution in [0.5, 0.6) is 11.5 Å². The van der Waals surface area contributed by atoms with Crippen molar-refractivity contribution in [2.45, 2.75) is 31.7 Å². The Balaban J connectivity index is 1.62. The second kappa shape index (κ2) is 10.9. The van der Waals surface area contributed by atoms with Crippen molar-refractivity contribution in [3.8, 4) is 22.9 Å². The number of furan rings is 1. The van der Waals surface area contributed by atoms with E-state index in [0.29, 0.717) is 34.8 Å². The summed E-state index contributed by atoms with van der Waals surface area (Å²) in [6, 6.07) is 7.54. The number of nitrogens with zero attached hydrogens (tertiary/aromatic N) is 3. The van der Waals surface area contributed by atoms with Gasteiger partial charge >= 0.3 is 0 Å². The molecule has 0 aliphatic rings. The third kappa shape index (κ3) is 5.59. The van der Waals surface area contributed by atoms with Crippen LogP contribution in [-0.2, 0) is 6.54 Å². The number of allylic oxidation sites excluding steroid dienone is 2. The molecule has 0 aliphatic heterocycles. The van der Waals surface area contributed by atoms with Gasteiger partial charge in [-0.2, -0.15) is 0 Å². The molecular formula is C23H27N3O4S. The molecule has 1 atom stereocenters. The molecule has 0 fully saturated rings. The summed E-state index contributed by atoms with van der Waals surface area (Å²) in [4.78, 5) is 0. The zero-order valence-corrected chi connectivity index (χ0v) is 18.8. The van der Waals surface area contributed by atoms with Gasteiger partial charge in [0.2, 0.25) is 0 Å². The predicted molar refractivity (Wildman–Crippen MR) is 123 cm³/mol. The van der Waals surface area contributed by atoms with Gasteiger partial charge in [0.1, 0.15) is 12.4 Å². The van der Waals surface area contributed by atoms with E-state index in [9.17, 15) is 5.11 Å². The van der Waals surface area contributed by atoms with Crippen molar-refractivity contribution in [3.05, 3.63) is 60.6 Å². The summed E-state index contributed by atoms with van der Waals surface area (Å²) >= 11 is 1.41. The highest BCUT2D eigenvalue weighted by molar-refractivity contribution is 7.99. The molecular weight excluding hydrogens is 414 g/mol. The Bertz CT molecular complexity index is 1040. The summed E-state index contributed by atoms with van der Waals surface area (Å²) in [6.07, 6.45) is 6.66. The first-order valence-electron chi connectivity index (χ1n) is 9.90. The van der Waals surface area contributed by atoms with Gasteiger partial charge in [-0.15, -0.1) is 16.8 Å². The maximum absolute atomic E-state index is 10.4. The van der Waals surface area contributed by atoms with Crippen molar-refractivity contribution in [2.24, 2.45) is 0 Å². The lowest BCUT2D eigenvalue weighted by atomic mass is 10.2. The standard InChI is InChI=1S/C23H27N3O4S/c1-5-7-17-8-9-20(21(13-17)28-4)30-14-18(27)15-31-23-25-24-22(26(23)11-6-2)19-10-12-29-16(19)3/h5-10,12-13,18,27H,2,11,14-15H2,1,3-4H3/b7-5+. The number of methoxy groups -OCH3 is 1. The third-order valence-electron chi connectivity index (χ3n) is 4.51. The predicted octanol–water partition coefficient (Wildman–Crippen LogP) is 4.61. The average molecular weight is 442 g/mol. The number of benzene rings is 1. The van der Waals surface area contributed by atoms with Gasteiger partial charge in [0.15, 0.2) is 22.5 Å². The third-order valence-corrected chi connectivity index (χ3v) is 5.62. The van der Waals surface area contributed by atoms with E-state index in [4.69, 9.17) is 13.9 Å². The van der Waals surface area contributed by atoms with Crippen molar-refractivity contribution in [1.82, 2.24) is 14.8 Å². The van der Waals surface area contributed by atoms with E-state index >= 15 is 0 Å². The first-order chi connectivity index (χ1) is 15.1.